The average molecular weight is 688 g/mol. The summed E-state index contributed by atoms with van der Waals surface area (Å²) in [6.45, 7) is 1.29. The van der Waals surface area contributed by atoms with Crippen LogP contribution in [0.25, 0.3) is 0 Å². The molecule has 4 atom stereocenters. The molecule has 2 bridgehead atoms. The number of hydrogen-bond acceptors (Lipinski definition) is 10. The molecule has 0 aromatic carbocycles. The summed E-state index contributed by atoms with van der Waals surface area (Å²) in [5.74, 6) is -1.92. The van der Waals surface area contributed by atoms with Gasteiger partial charge in [-0.25, -0.2) is 0 Å². The predicted molar refractivity (Wildman–Crippen MR) is 160 cm³/mol. The summed E-state index contributed by atoms with van der Waals surface area (Å²) in [5.41, 5.74) is -1.57. The number of carbonyl (C=O) groups excluding carboxylic acids is 3. The van der Waals surface area contributed by atoms with E-state index in [1.807, 2.05) is 42.3 Å². The van der Waals surface area contributed by atoms with Crippen LogP contribution in [-0.2, 0) is 43.5 Å². The Hall–Kier alpha value is -2.96. The zero-order chi connectivity index (χ0) is 31.0. The molecule has 5 rings (SSSR count). The van der Waals surface area contributed by atoms with E-state index >= 15 is 4.79 Å². The summed E-state index contributed by atoms with van der Waals surface area (Å²) >= 11 is 0.194. The number of halogens is 2. The second-order valence-corrected chi connectivity index (χ2v) is 12.2. The number of esters is 2. The molecule has 3 aromatic rings. The molecule has 2 aliphatic rings. The summed E-state index contributed by atoms with van der Waals surface area (Å²) in [5, 5.41) is 0. The molecule has 0 radical (unpaired) electrons. The Morgan fingerprint density at radius 1 is 0.841 bits per heavy atom. The molecule has 2 fully saturated rings. The molecule has 2 saturated heterocycles. The SMILES string of the molecule is COC(=O)C12CCN(Cc3ccccn3)CCC(C(=O)OC)(C1=O)C(c1ccccn1)N(C)C2c1ccccn1.O.[Cl][Fe][Cl]. The van der Waals surface area contributed by atoms with E-state index in [1.165, 1.54) is 14.2 Å². The predicted octanol–water partition coefficient (Wildman–Crippen LogP) is 3.34. The average Bonchev–Trinajstić information content (AvgIpc) is 3.04. The molecule has 0 amide bonds. The van der Waals surface area contributed by atoms with Crippen molar-refractivity contribution in [2.45, 2.75) is 31.5 Å². The first-order valence-electron chi connectivity index (χ1n) is 13.5. The zero-order valence-corrected chi connectivity index (χ0v) is 27.1. The monoisotopic (exact) mass is 687 g/mol. The van der Waals surface area contributed by atoms with Gasteiger partial charge in [0, 0.05) is 38.2 Å². The Labute approximate surface area is 271 Å². The number of pyridine rings is 3. The van der Waals surface area contributed by atoms with E-state index < -0.39 is 40.6 Å². The molecule has 0 spiro atoms. The van der Waals surface area contributed by atoms with Crippen molar-refractivity contribution in [1.82, 2.24) is 24.8 Å². The number of ketones is 1. The molecule has 0 aliphatic carbocycles. The van der Waals surface area contributed by atoms with Gasteiger partial charge in [0.1, 0.15) is 10.8 Å². The second kappa shape index (κ2) is 15.9. The van der Waals surface area contributed by atoms with E-state index in [-0.39, 0.29) is 31.5 Å². The van der Waals surface area contributed by atoms with Gasteiger partial charge in [0.2, 0.25) is 0 Å². The van der Waals surface area contributed by atoms with Crippen molar-refractivity contribution in [2.24, 2.45) is 10.8 Å². The molecular weight excluding hydrogens is 653 g/mol. The summed E-state index contributed by atoms with van der Waals surface area (Å²) < 4.78 is 10.7. The molecule has 2 N–H and O–H groups in total. The fourth-order valence-corrected chi connectivity index (χ4v) is 6.63. The minimum absolute atomic E-state index is 0. The van der Waals surface area contributed by atoms with Crippen molar-refractivity contribution in [3.8, 4) is 0 Å². The first-order valence-corrected chi connectivity index (χ1v) is 16.6. The summed E-state index contributed by atoms with van der Waals surface area (Å²) in [7, 11) is 13.9. The van der Waals surface area contributed by atoms with Gasteiger partial charge in [0.15, 0.2) is 5.78 Å². The fourth-order valence-electron chi connectivity index (χ4n) is 6.63. The van der Waals surface area contributed by atoms with Crippen molar-refractivity contribution < 1.29 is 42.5 Å². The van der Waals surface area contributed by atoms with Crippen LogP contribution in [0, 0.1) is 10.8 Å². The van der Waals surface area contributed by atoms with E-state index in [0.717, 1.165) is 5.69 Å². The topological polar surface area (TPSA) is 146 Å². The molecule has 14 heteroatoms. The van der Waals surface area contributed by atoms with E-state index in [0.29, 0.717) is 31.0 Å². The van der Waals surface area contributed by atoms with Gasteiger partial charge in [-0.15, -0.1) is 0 Å². The second-order valence-electron chi connectivity index (χ2n) is 10.4. The third kappa shape index (κ3) is 6.53. The zero-order valence-electron chi connectivity index (χ0n) is 24.5. The van der Waals surface area contributed by atoms with Crippen LogP contribution in [-0.4, -0.2) is 82.3 Å². The molecular formula is C30H35Cl2FeN5O6. The van der Waals surface area contributed by atoms with Gasteiger partial charge in [-0.2, -0.15) is 0 Å². The van der Waals surface area contributed by atoms with Crippen molar-refractivity contribution in [2.75, 3.05) is 34.4 Å². The Bertz CT molecular complexity index is 1310. The van der Waals surface area contributed by atoms with Crippen molar-refractivity contribution in [1.29, 1.82) is 0 Å². The molecule has 3 aromatic heterocycles. The number of fused-ring (bicyclic) bond motifs is 2. The molecule has 238 valence electrons. The standard InChI is InChI=1S/C30H33N5O5.2ClH.Fe.H2O/c1-34-24(22-11-5-8-16-32-22)29(27(37)39-2)13-18-35(20-21-10-4-7-15-31-21)19-14-30(26(29)36,28(38)40-3)25(34)23-12-6-9-17-33-23;;;;/h4-12,15-17,24-25H,13-14,18-20H2,1-3H3;2*1H;;1H2/q;;;+2;/p-2. The van der Waals surface area contributed by atoms with Gasteiger partial charge in [-0.1, -0.05) is 18.2 Å². The number of piperidine rings is 1. The number of hydrogen-bond donors (Lipinski definition) is 0. The van der Waals surface area contributed by atoms with Crippen LogP contribution in [0.4, 0.5) is 0 Å². The Kier molecular flexibility index (Phi) is 12.8. The van der Waals surface area contributed by atoms with Crippen LogP contribution in [0.3, 0.4) is 0 Å². The van der Waals surface area contributed by atoms with E-state index in [1.54, 1.807) is 42.9 Å². The number of likely N-dealkylation sites (tertiary alicyclic amines) is 2. The number of rotatable bonds is 6. The Morgan fingerprint density at radius 3 is 1.64 bits per heavy atom. The maximum atomic E-state index is 15.1. The van der Waals surface area contributed by atoms with Gasteiger partial charge in [-0.3, -0.25) is 39.1 Å². The number of nitrogens with zero attached hydrogens (tertiary/aromatic N) is 5. The quantitative estimate of drug-likeness (QED) is 0.215. The van der Waals surface area contributed by atoms with Crippen LogP contribution in [0.5, 0.6) is 0 Å². The normalized spacial score (nSPS) is 25.3. The number of Topliss-reactive ketones (excluding diaryl/α,β-unsaturated/α-hetero) is 1. The summed E-state index contributed by atoms with van der Waals surface area (Å²) in [6, 6.07) is 14.8. The third-order valence-electron chi connectivity index (χ3n) is 8.35. The van der Waals surface area contributed by atoms with Gasteiger partial charge in [-0.05, 0) is 56.3 Å². The summed E-state index contributed by atoms with van der Waals surface area (Å²) in [4.78, 5) is 60.7. The molecule has 4 unspecified atom stereocenters. The molecule has 2 aliphatic heterocycles. The third-order valence-corrected chi connectivity index (χ3v) is 8.35. The first-order chi connectivity index (χ1) is 20.8. The molecule has 44 heavy (non-hydrogen) atoms. The van der Waals surface area contributed by atoms with Crippen molar-refractivity contribution >= 4 is 37.9 Å². The van der Waals surface area contributed by atoms with Gasteiger partial charge in [0.25, 0.3) is 0 Å². The molecule has 5 heterocycles. The van der Waals surface area contributed by atoms with Crippen LogP contribution in [0.15, 0.2) is 73.2 Å². The van der Waals surface area contributed by atoms with Crippen LogP contribution in [0.2, 0.25) is 0 Å². The van der Waals surface area contributed by atoms with Gasteiger partial charge >= 0.3 is 45.3 Å². The number of methoxy groups -OCH3 is 2. The number of ether oxygens (including phenoxy) is 2. The van der Waals surface area contributed by atoms with E-state index in [9.17, 15) is 9.59 Å². The maximum absolute atomic E-state index is 15.1. The number of aromatic nitrogens is 3. The van der Waals surface area contributed by atoms with Gasteiger partial charge in [0.05, 0.1) is 43.4 Å². The Balaban J connectivity index is 0.00000127. The van der Waals surface area contributed by atoms with Crippen LogP contribution < -0.4 is 0 Å². The van der Waals surface area contributed by atoms with Crippen LogP contribution >= 0.6 is 20.2 Å². The van der Waals surface area contributed by atoms with E-state index in [4.69, 9.17) is 29.7 Å². The molecule has 11 nitrogen and oxygen atoms in total. The minimum atomic E-state index is -1.74. The fraction of sp³-hybridized carbons (Fsp3) is 0.400. The Morgan fingerprint density at radius 2 is 1.27 bits per heavy atom. The molecule has 0 saturated carbocycles. The van der Waals surface area contributed by atoms with Crippen molar-refractivity contribution in [3.63, 3.8) is 0 Å². The van der Waals surface area contributed by atoms with Crippen LogP contribution in [0.1, 0.15) is 42.0 Å². The van der Waals surface area contributed by atoms with Gasteiger partial charge < -0.3 is 14.9 Å². The van der Waals surface area contributed by atoms with E-state index in [2.05, 4.69) is 19.9 Å². The van der Waals surface area contributed by atoms with Crippen molar-refractivity contribution in [3.05, 3.63) is 90.3 Å². The summed E-state index contributed by atoms with van der Waals surface area (Å²) in [6.07, 6.45) is 5.22. The first kappa shape index (κ1) is 35.5. The number of carbonyl (C=O) groups is 3.